The standard InChI is InChI=1S/C22H24N4O7S2/c1-15-14-21(24-33-15)25-34(28,29)18-9-5-16(6-10-18)23-22(27)20-4-3-13-26(20)35(30,31)19-11-7-17(32-2)8-12-19/h5-12,14,20H,3-4,13H2,1-2H3,(H,23,27)(H,24,25). The maximum Gasteiger partial charge on any atom is 0.263 e. The van der Waals surface area contributed by atoms with Crippen LogP contribution in [0.5, 0.6) is 5.75 Å². The smallest absolute Gasteiger partial charge is 0.263 e. The molecule has 0 radical (unpaired) electrons. The summed E-state index contributed by atoms with van der Waals surface area (Å²) in [6.45, 7) is 1.85. The van der Waals surface area contributed by atoms with E-state index in [-0.39, 0.29) is 22.2 Å². The Hall–Kier alpha value is -3.42. The van der Waals surface area contributed by atoms with Gasteiger partial charge in [0.15, 0.2) is 5.82 Å². The third-order valence-corrected chi connectivity index (χ3v) is 8.76. The number of sulfonamides is 2. The number of amides is 1. The van der Waals surface area contributed by atoms with Gasteiger partial charge in [0, 0.05) is 18.3 Å². The number of aryl methyl sites for hydroxylation is 1. The molecular formula is C22H24N4O7S2. The minimum atomic E-state index is -3.91. The Bertz CT molecular complexity index is 1420. The highest BCUT2D eigenvalue weighted by Crippen LogP contribution is 2.28. The lowest BCUT2D eigenvalue weighted by atomic mass is 10.2. The molecule has 13 heteroatoms. The lowest BCUT2D eigenvalue weighted by molar-refractivity contribution is -0.119. The first kappa shape index (κ1) is 24.7. The van der Waals surface area contributed by atoms with Crippen molar-refractivity contribution in [2.75, 3.05) is 23.7 Å². The first-order chi connectivity index (χ1) is 16.6. The number of hydrogen-bond acceptors (Lipinski definition) is 8. The van der Waals surface area contributed by atoms with Crippen LogP contribution in [0.15, 0.2) is 68.9 Å². The number of hydrogen-bond donors (Lipinski definition) is 2. The van der Waals surface area contributed by atoms with Crippen molar-refractivity contribution in [1.29, 1.82) is 0 Å². The predicted molar refractivity (Wildman–Crippen MR) is 127 cm³/mol. The maximum atomic E-state index is 13.1. The zero-order valence-corrected chi connectivity index (χ0v) is 20.6. The van der Waals surface area contributed by atoms with E-state index in [1.807, 2.05) is 0 Å². The van der Waals surface area contributed by atoms with Crippen molar-refractivity contribution in [1.82, 2.24) is 9.46 Å². The number of nitrogens with one attached hydrogen (secondary N) is 2. The van der Waals surface area contributed by atoms with Crippen LogP contribution in [0.2, 0.25) is 0 Å². The van der Waals surface area contributed by atoms with Crippen LogP contribution in [0, 0.1) is 6.92 Å². The molecule has 1 aromatic heterocycles. The zero-order chi connectivity index (χ0) is 25.2. The van der Waals surface area contributed by atoms with Crippen molar-refractivity contribution in [3.8, 4) is 5.75 Å². The zero-order valence-electron chi connectivity index (χ0n) is 19.0. The van der Waals surface area contributed by atoms with Gasteiger partial charge in [-0.1, -0.05) is 5.16 Å². The first-order valence-corrected chi connectivity index (χ1v) is 13.6. The van der Waals surface area contributed by atoms with Gasteiger partial charge in [-0.25, -0.2) is 16.8 Å². The van der Waals surface area contributed by atoms with E-state index in [0.717, 1.165) is 0 Å². The van der Waals surface area contributed by atoms with E-state index in [9.17, 15) is 21.6 Å². The molecule has 35 heavy (non-hydrogen) atoms. The topological polar surface area (TPSA) is 148 Å². The van der Waals surface area contributed by atoms with Crippen LogP contribution in [0.25, 0.3) is 0 Å². The van der Waals surface area contributed by atoms with Crippen molar-refractivity contribution in [3.63, 3.8) is 0 Å². The molecule has 4 rings (SSSR count). The summed E-state index contributed by atoms with van der Waals surface area (Å²) >= 11 is 0. The summed E-state index contributed by atoms with van der Waals surface area (Å²) in [6, 6.07) is 12.0. The van der Waals surface area contributed by atoms with Crippen LogP contribution in [0.1, 0.15) is 18.6 Å². The number of carbonyl (C=O) groups is 1. The van der Waals surface area contributed by atoms with Crippen molar-refractivity contribution in [3.05, 3.63) is 60.4 Å². The molecule has 11 nitrogen and oxygen atoms in total. The van der Waals surface area contributed by atoms with E-state index in [4.69, 9.17) is 9.26 Å². The quantitative estimate of drug-likeness (QED) is 0.460. The number of carbonyl (C=O) groups excluding carboxylic acids is 1. The van der Waals surface area contributed by atoms with E-state index in [1.54, 1.807) is 19.1 Å². The van der Waals surface area contributed by atoms with E-state index in [1.165, 1.54) is 53.9 Å². The molecule has 1 amide bonds. The minimum Gasteiger partial charge on any atom is -0.497 e. The highest BCUT2D eigenvalue weighted by atomic mass is 32.2. The molecule has 1 unspecified atom stereocenters. The lowest BCUT2D eigenvalue weighted by Gasteiger charge is -2.23. The maximum absolute atomic E-state index is 13.1. The Labute approximate surface area is 203 Å². The van der Waals surface area contributed by atoms with E-state index in [0.29, 0.717) is 30.0 Å². The second-order valence-electron chi connectivity index (χ2n) is 7.89. The van der Waals surface area contributed by atoms with Gasteiger partial charge in [-0.2, -0.15) is 4.31 Å². The molecule has 2 N–H and O–H groups in total. The molecule has 0 spiro atoms. The third-order valence-electron chi connectivity index (χ3n) is 5.47. The fourth-order valence-electron chi connectivity index (χ4n) is 3.73. The molecule has 1 saturated heterocycles. The van der Waals surface area contributed by atoms with Crippen molar-refractivity contribution in [2.45, 2.75) is 35.6 Å². The van der Waals surface area contributed by atoms with Crippen LogP contribution in [0.4, 0.5) is 11.5 Å². The number of methoxy groups -OCH3 is 1. The van der Waals surface area contributed by atoms with Gasteiger partial charge in [0.2, 0.25) is 15.9 Å². The van der Waals surface area contributed by atoms with Crippen LogP contribution in [-0.4, -0.2) is 51.9 Å². The van der Waals surface area contributed by atoms with Gasteiger partial charge in [-0.05, 0) is 68.3 Å². The average Bonchev–Trinajstić information content (AvgIpc) is 3.49. The largest absolute Gasteiger partial charge is 0.497 e. The Morgan fingerprint density at radius 1 is 1.06 bits per heavy atom. The predicted octanol–water partition coefficient (Wildman–Crippen LogP) is 2.58. The fourth-order valence-corrected chi connectivity index (χ4v) is 6.37. The molecular weight excluding hydrogens is 496 g/mol. The Morgan fingerprint density at radius 3 is 2.31 bits per heavy atom. The minimum absolute atomic E-state index is 0.0410. The number of benzene rings is 2. The number of aromatic nitrogens is 1. The Kier molecular flexibility index (Phi) is 6.83. The lowest BCUT2D eigenvalue weighted by Crippen LogP contribution is -2.43. The van der Waals surface area contributed by atoms with Crippen molar-refractivity contribution >= 4 is 37.5 Å². The summed E-state index contributed by atoms with van der Waals surface area (Å²) in [6.07, 6.45) is 0.909. The summed E-state index contributed by atoms with van der Waals surface area (Å²) in [5, 5.41) is 6.28. The summed E-state index contributed by atoms with van der Waals surface area (Å²) in [7, 11) is -6.31. The average molecular weight is 521 g/mol. The Balaban J connectivity index is 1.46. The monoisotopic (exact) mass is 520 g/mol. The van der Waals surface area contributed by atoms with E-state index in [2.05, 4.69) is 15.2 Å². The van der Waals surface area contributed by atoms with Crippen LogP contribution >= 0.6 is 0 Å². The van der Waals surface area contributed by atoms with Crippen molar-refractivity contribution in [2.24, 2.45) is 0 Å². The normalized spacial score (nSPS) is 16.7. The van der Waals surface area contributed by atoms with E-state index < -0.39 is 32.0 Å². The summed E-state index contributed by atoms with van der Waals surface area (Å²) < 4.78 is 64.7. The molecule has 2 heterocycles. The summed E-state index contributed by atoms with van der Waals surface area (Å²) in [5.74, 6) is 0.540. The van der Waals surface area contributed by atoms with Gasteiger partial charge in [-0.15, -0.1) is 0 Å². The molecule has 2 aromatic carbocycles. The molecule has 0 bridgehead atoms. The highest BCUT2D eigenvalue weighted by Gasteiger charge is 2.39. The highest BCUT2D eigenvalue weighted by molar-refractivity contribution is 7.92. The van der Waals surface area contributed by atoms with Gasteiger partial charge in [0.05, 0.1) is 16.9 Å². The summed E-state index contributed by atoms with van der Waals surface area (Å²) in [5.41, 5.74) is 0.333. The van der Waals surface area contributed by atoms with Crippen LogP contribution in [0.3, 0.4) is 0 Å². The number of nitrogens with zero attached hydrogens (tertiary/aromatic N) is 2. The van der Waals surface area contributed by atoms with Gasteiger partial charge in [0.25, 0.3) is 10.0 Å². The molecule has 3 aromatic rings. The van der Waals surface area contributed by atoms with Gasteiger partial charge in [0.1, 0.15) is 17.6 Å². The summed E-state index contributed by atoms with van der Waals surface area (Å²) in [4.78, 5) is 13.0. The molecule has 1 atom stereocenters. The fraction of sp³-hybridized carbons (Fsp3) is 0.273. The number of ether oxygens (including phenoxy) is 1. The molecule has 0 saturated carbocycles. The first-order valence-electron chi connectivity index (χ1n) is 10.6. The number of rotatable bonds is 8. The molecule has 186 valence electrons. The van der Waals surface area contributed by atoms with Gasteiger partial charge < -0.3 is 14.6 Å². The van der Waals surface area contributed by atoms with Crippen molar-refractivity contribution < 1.29 is 30.9 Å². The SMILES string of the molecule is COc1ccc(S(=O)(=O)N2CCCC2C(=O)Nc2ccc(S(=O)(=O)Nc3cc(C)on3)cc2)cc1. The third kappa shape index (κ3) is 5.31. The van der Waals surface area contributed by atoms with E-state index >= 15 is 0 Å². The Morgan fingerprint density at radius 2 is 1.71 bits per heavy atom. The van der Waals surface area contributed by atoms with Crippen LogP contribution < -0.4 is 14.8 Å². The molecule has 0 aliphatic carbocycles. The molecule has 1 aliphatic rings. The molecule has 1 fully saturated rings. The second-order valence-corrected chi connectivity index (χ2v) is 11.5. The van der Waals surface area contributed by atoms with Gasteiger partial charge >= 0.3 is 0 Å². The van der Waals surface area contributed by atoms with Gasteiger partial charge in [-0.3, -0.25) is 9.52 Å². The molecule has 1 aliphatic heterocycles. The number of anilines is 2. The second kappa shape index (κ2) is 9.68. The van der Waals surface area contributed by atoms with Crippen LogP contribution in [-0.2, 0) is 24.8 Å².